The molecule has 0 radical (unpaired) electrons. The van der Waals surface area contributed by atoms with Gasteiger partial charge in [0.05, 0.1) is 0 Å². The van der Waals surface area contributed by atoms with Gasteiger partial charge in [-0.3, -0.25) is 4.79 Å². The summed E-state index contributed by atoms with van der Waals surface area (Å²) in [6.45, 7) is 3.68. The van der Waals surface area contributed by atoms with Crippen LogP contribution < -0.4 is 10.8 Å². The van der Waals surface area contributed by atoms with Crippen molar-refractivity contribution in [1.29, 1.82) is 0 Å². The minimum atomic E-state index is -0.181. The van der Waals surface area contributed by atoms with Gasteiger partial charge in [-0.25, -0.2) is 4.98 Å². The number of carbonyl (C=O) groups is 1. The molecule has 0 atom stereocenters. The molecule has 2 heterocycles. The summed E-state index contributed by atoms with van der Waals surface area (Å²) in [5.74, 6) is 0.880. The Balaban J connectivity index is 1.62. The largest absolute Gasteiger partial charge is 0.371 e. The number of fused-ring (bicyclic) bond motifs is 1. The molecular formula is C16H25N3O2. The van der Waals surface area contributed by atoms with E-state index in [2.05, 4.69) is 27.9 Å². The topological polar surface area (TPSA) is 63.2 Å². The summed E-state index contributed by atoms with van der Waals surface area (Å²) in [6.07, 6.45) is 6.56. The SMILES string of the molecule is CCCC(=O)ONCCCCc1ccc2c(n1)NCCC2. The van der Waals surface area contributed by atoms with Crippen LogP contribution in [0.3, 0.4) is 0 Å². The number of carbonyl (C=O) groups excluding carboxylic acids is 1. The number of hydrogen-bond acceptors (Lipinski definition) is 5. The predicted octanol–water partition coefficient (Wildman–Crippen LogP) is 2.61. The highest BCUT2D eigenvalue weighted by atomic mass is 16.7. The number of anilines is 1. The molecule has 0 saturated carbocycles. The summed E-state index contributed by atoms with van der Waals surface area (Å²) in [7, 11) is 0. The van der Waals surface area contributed by atoms with Gasteiger partial charge in [0.25, 0.3) is 0 Å². The lowest BCUT2D eigenvalue weighted by atomic mass is 10.1. The number of hydrogen-bond donors (Lipinski definition) is 2. The average molecular weight is 291 g/mol. The molecule has 0 spiro atoms. The zero-order valence-corrected chi connectivity index (χ0v) is 12.8. The highest BCUT2D eigenvalue weighted by Crippen LogP contribution is 2.20. The summed E-state index contributed by atoms with van der Waals surface area (Å²) < 4.78 is 0. The number of rotatable bonds is 8. The summed E-state index contributed by atoms with van der Waals surface area (Å²) in [4.78, 5) is 20.7. The maximum Gasteiger partial charge on any atom is 0.324 e. The van der Waals surface area contributed by atoms with Crippen LogP contribution in [0.25, 0.3) is 0 Å². The van der Waals surface area contributed by atoms with E-state index in [-0.39, 0.29) is 5.97 Å². The van der Waals surface area contributed by atoms with Crippen LogP contribution in [0.1, 0.15) is 50.3 Å². The van der Waals surface area contributed by atoms with E-state index in [0.29, 0.717) is 13.0 Å². The van der Waals surface area contributed by atoms with E-state index < -0.39 is 0 Å². The van der Waals surface area contributed by atoms with Gasteiger partial charge in [0.1, 0.15) is 5.82 Å². The Morgan fingerprint density at radius 2 is 2.33 bits per heavy atom. The number of nitrogens with one attached hydrogen (secondary N) is 2. The zero-order chi connectivity index (χ0) is 14.9. The number of aromatic nitrogens is 1. The standard InChI is InChI=1S/C16H25N3O2/c1-2-6-15(20)21-18-12-4-3-8-14-10-9-13-7-5-11-17-16(13)19-14/h9-10,18H,2-8,11-12H2,1H3,(H,17,19). The molecule has 2 N–H and O–H groups in total. The van der Waals surface area contributed by atoms with E-state index in [9.17, 15) is 4.79 Å². The van der Waals surface area contributed by atoms with Crippen molar-refractivity contribution in [2.24, 2.45) is 0 Å². The van der Waals surface area contributed by atoms with Gasteiger partial charge in [0, 0.05) is 25.2 Å². The highest BCUT2D eigenvalue weighted by Gasteiger charge is 2.09. The van der Waals surface area contributed by atoms with E-state index in [1.807, 2.05) is 6.92 Å². The van der Waals surface area contributed by atoms with E-state index >= 15 is 0 Å². The van der Waals surface area contributed by atoms with Crippen LogP contribution in [0.4, 0.5) is 5.82 Å². The zero-order valence-electron chi connectivity index (χ0n) is 12.8. The van der Waals surface area contributed by atoms with Crippen LogP contribution in [0.2, 0.25) is 0 Å². The Kier molecular flexibility index (Phi) is 6.47. The van der Waals surface area contributed by atoms with Crippen LogP contribution >= 0.6 is 0 Å². The first-order chi connectivity index (χ1) is 10.3. The number of hydroxylamine groups is 1. The quantitative estimate of drug-likeness (QED) is 0.569. The van der Waals surface area contributed by atoms with Crippen molar-refractivity contribution in [2.75, 3.05) is 18.4 Å². The molecule has 0 aromatic carbocycles. The van der Waals surface area contributed by atoms with Crippen molar-refractivity contribution in [2.45, 2.75) is 51.9 Å². The summed E-state index contributed by atoms with van der Waals surface area (Å²) in [5, 5.41) is 3.36. The van der Waals surface area contributed by atoms with E-state index in [1.54, 1.807) is 0 Å². The molecule has 2 rings (SSSR count). The lowest BCUT2D eigenvalue weighted by molar-refractivity contribution is -0.151. The van der Waals surface area contributed by atoms with Crippen molar-refractivity contribution < 1.29 is 9.63 Å². The second-order valence-corrected chi connectivity index (χ2v) is 5.42. The molecule has 1 aromatic rings. The second kappa shape index (κ2) is 8.62. The molecule has 116 valence electrons. The van der Waals surface area contributed by atoms with Crippen molar-refractivity contribution in [1.82, 2.24) is 10.5 Å². The third-order valence-electron chi connectivity index (χ3n) is 3.55. The van der Waals surface area contributed by atoms with Crippen LogP contribution in [0, 0.1) is 0 Å². The van der Waals surface area contributed by atoms with Crippen molar-refractivity contribution >= 4 is 11.8 Å². The van der Waals surface area contributed by atoms with Gasteiger partial charge in [-0.1, -0.05) is 13.0 Å². The Morgan fingerprint density at radius 3 is 3.19 bits per heavy atom. The third kappa shape index (κ3) is 5.34. The first-order valence-electron chi connectivity index (χ1n) is 7.95. The van der Waals surface area contributed by atoms with Crippen LogP contribution in [0.5, 0.6) is 0 Å². The Bertz CT molecular complexity index is 463. The van der Waals surface area contributed by atoms with E-state index in [4.69, 9.17) is 4.84 Å². The van der Waals surface area contributed by atoms with E-state index in [1.165, 1.54) is 12.0 Å². The van der Waals surface area contributed by atoms with Crippen molar-refractivity contribution in [3.05, 3.63) is 23.4 Å². The average Bonchev–Trinajstić information content (AvgIpc) is 2.51. The predicted molar refractivity (Wildman–Crippen MR) is 83.0 cm³/mol. The van der Waals surface area contributed by atoms with Gasteiger partial charge in [-0.15, -0.1) is 0 Å². The van der Waals surface area contributed by atoms with Crippen LogP contribution in [-0.4, -0.2) is 24.0 Å². The molecule has 1 aliphatic heterocycles. The molecule has 1 aromatic heterocycles. The first-order valence-corrected chi connectivity index (χ1v) is 7.95. The van der Waals surface area contributed by atoms with Gasteiger partial charge in [0.2, 0.25) is 0 Å². The normalized spacial score (nSPS) is 13.4. The number of nitrogens with zero attached hydrogens (tertiary/aromatic N) is 1. The minimum absolute atomic E-state index is 0.181. The van der Waals surface area contributed by atoms with E-state index in [0.717, 1.165) is 50.2 Å². The molecule has 5 heteroatoms. The molecule has 0 fully saturated rings. The molecule has 5 nitrogen and oxygen atoms in total. The molecule has 0 unspecified atom stereocenters. The van der Waals surface area contributed by atoms with Crippen molar-refractivity contribution in [3.8, 4) is 0 Å². The van der Waals surface area contributed by atoms with Gasteiger partial charge in [0.15, 0.2) is 0 Å². The van der Waals surface area contributed by atoms with Gasteiger partial charge in [-0.2, -0.15) is 5.48 Å². The number of pyridine rings is 1. The van der Waals surface area contributed by atoms with Gasteiger partial charge in [-0.05, 0) is 50.2 Å². The summed E-state index contributed by atoms with van der Waals surface area (Å²) in [6, 6.07) is 4.31. The Labute approximate surface area is 126 Å². The molecule has 0 amide bonds. The molecule has 0 aliphatic carbocycles. The maximum atomic E-state index is 11.1. The summed E-state index contributed by atoms with van der Waals surface area (Å²) in [5.41, 5.74) is 5.18. The smallest absolute Gasteiger partial charge is 0.324 e. The Morgan fingerprint density at radius 1 is 1.43 bits per heavy atom. The molecule has 0 saturated heterocycles. The molecule has 1 aliphatic rings. The highest BCUT2D eigenvalue weighted by molar-refractivity contribution is 5.68. The fourth-order valence-corrected chi connectivity index (χ4v) is 2.40. The lowest BCUT2D eigenvalue weighted by Gasteiger charge is -2.17. The number of aryl methyl sites for hydroxylation is 2. The van der Waals surface area contributed by atoms with Crippen LogP contribution in [-0.2, 0) is 22.5 Å². The Hall–Kier alpha value is -1.62. The third-order valence-corrected chi connectivity index (χ3v) is 3.55. The van der Waals surface area contributed by atoms with Crippen LogP contribution in [0.15, 0.2) is 12.1 Å². The van der Waals surface area contributed by atoms with Gasteiger partial charge < -0.3 is 10.2 Å². The fourth-order valence-electron chi connectivity index (χ4n) is 2.40. The maximum absolute atomic E-state index is 11.1. The molecular weight excluding hydrogens is 266 g/mol. The molecule has 21 heavy (non-hydrogen) atoms. The monoisotopic (exact) mass is 291 g/mol. The number of unbranched alkanes of at least 4 members (excludes halogenated alkanes) is 1. The second-order valence-electron chi connectivity index (χ2n) is 5.42. The lowest BCUT2D eigenvalue weighted by Crippen LogP contribution is -2.20. The fraction of sp³-hybridized carbons (Fsp3) is 0.625. The summed E-state index contributed by atoms with van der Waals surface area (Å²) >= 11 is 0. The van der Waals surface area contributed by atoms with Gasteiger partial charge >= 0.3 is 5.97 Å². The first kappa shape index (κ1) is 15.8. The van der Waals surface area contributed by atoms with Crippen molar-refractivity contribution in [3.63, 3.8) is 0 Å². The molecule has 0 bridgehead atoms. The minimum Gasteiger partial charge on any atom is -0.371 e.